The fourth-order valence-corrected chi connectivity index (χ4v) is 3.78. The minimum Gasteiger partial charge on any atom is -0.388 e. The molecule has 1 aromatic heterocycles. The van der Waals surface area contributed by atoms with Crippen LogP contribution < -0.4 is 5.73 Å². The summed E-state index contributed by atoms with van der Waals surface area (Å²) in [7, 11) is -3.47. The molecule has 0 bridgehead atoms. The first-order valence-electron chi connectivity index (χ1n) is 6.74. The Labute approximate surface area is 125 Å². The summed E-state index contributed by atoms with van der Waals surface area (Å²) in [5, 5.41) is 0. The highest BCUT2D eigenvalue weighted by molar-refractivity contribution is 7.89. The van der Waals surface area contributed by atoms with Crippen LogP contribution in [0.15, 0.2) is 23.2 Å². The van der Waals surface area contributed by atoms with Crippen molar-refractivity contribution in [3.8, 4) is 0 Å². The predicted octanol–water partition coefficient (Wildman–Crippen LogP) is 1.67. The van der Waals surface area contributed by atoms with Gasteiger partial charge in [0.1, 0.15) is 9.88 Å². The zero-order valence-corrected chi connectivity index (χ0v) is 13.1. The quantitative estimate of drug-likeness (QED) is 0.775. The molecule has 20 heavy (non-hydrogen) atoms. The molecule has 110 valence electrons. The van der Waals surface area contributed by atoms with Crippen LogP contribution in [0.25, 0.3) is 0 Å². The molecule has 1 saturated carbocycles. The molecule has 2 rings (SSSR count). The van der Waals surface area contributed by atoms with Gasteiger partial charge >= 0.3 is 0 Å². The van der Waals surface area contributed by atoms with Gasteiger partial charge in [-0.05, 0) is 31.4 Å². The number of aromatic nitrogens is 1. The lowest BCUT2D eigenvalue weighted by molar-refractivity contribution is 0.395. The zero-order chi connectivity index (χ0) is 14.8. The number of sulfonamides is 1. The van der Waals surface area contributed by atoms with E-state index in [1.165, 1.54) is 12.3 Å². The van der Waals surface area contributed by atoms with Gasteiger partial charge in [0.05, 0.1) is 5.69 Å². The van der Waals surface area contributed by atoms with Crippen molar-refractivity contribution in [1.82, 2.24) is 9.29 Å². The second-order valence-corrected chi connectivity index (χ2v) is 7.27. The third-order valence-electron chi connectivity index (χ3n) is 3.28. The fourth-order valence-electron chi connectivity index (χ4n) is 1.99. The van der Waals surface area contributed by atoms with Crippen molar-refractivity contribution in [2.24, 2.45) is 5.73 Å². The Morgan fingerprint density at radius 1 is 1.50 bits per heavy atom. The Kier molecular flexibility index (Phi) is 4.72. The van der Waals surface area contributed by atoms with Crippen LogP contribution in [0.1, 0.15) is 38.3 Å². The molecule has 5 nitrogen and oxygen atoms in total. The molecule has 2 N–H and O–H groups in total. The van der Waals surface area contributed by atoms with Crippen LogP contribution in [0.5, 0.6) is 0 Å². The lowest BCUT2D eigenvalue weighted by atomic mass is 10.3. The average molecular weight is 313 g/mol. The molecule has 0 saturated heterocycles. The lowest BCUT2D eigenvalue weighted by Gasteiger charge is -2.21. The van der Waals surface area contributed by atoms with Crippen molar-refractivity contribution < 1.29 is 8.42 Å². The number of hydrogen-bond acceptors (Lipinski definition) is 4. The van der Waals surface area contributed by atoms with Gasteiger partial charge in [0.15, 0.2) is 0 Å². The predicted molar refractivity (Wildman–Crippen MR) is 81.9 cm³/mol. The maximum absolute atomic E-state index is 12.6. The monoisotopic (exact) mass is 313 g/mol. The van der Waals surface area contributed by atoms with Crippen LogP contribution in [0, 0.1) is 0 Å². The third kappa shape index (κ3) is 3.34. The van der Waals surface area contributed by atoms with E-state index < -0.39 is 10.0 Å². The van der Waals surface area contributed by atoms with E-state index in [1.54, 1.807) is 10.4 Å². The minimum atomic E-state index is -3.47. The molecule has 1 aliphatic rings. The summed E-state index contributed by atoms with van der Waals surface area (Å²) in [5.41, 5.74) is 5.90. The Bertz CT molecular complexity index is 580. The molecule has 7 heteroatoms. The molecule has 0 radical (unpaired) electrons. The second kappa shape index (κ2) is 6.15. The van der Waals surface area contributed by atoms with E-state index in [0.29, 0.717) is 12.2 Å². The highest BCUT2D eigenvalue weighted by Crippen LogP contribution is 2.32. The number of hydrogen-bond donors (Lipinski definition) is 1. The van der Waals surface area contributed by atoms with Crippen molar-refractivity contribution in [3.63, 3.8) is 0 Å². The van der Waals surface area contributed by atoms with Gasteiger partial charge in [0.2, 0.25) is 10.0 Å². The largest absolute Gasteiger partial charge is 0.388 e. The van der Waals surface area contributed by atoms with E-state index >= 15 is 0 Å². The number of rotatable bonds is 7. The normalized spacial score (nSPS) is 15.5. The summed E-state index contributed by atoms with van der Waals surface area (Å²) < 4.78 is 26.9. The van der Waals surface area contributed by atoms with Crippen LogP contribution in [-0.4, -0.2) is 35.3 Å². The molecule has 0 aliphatic heterocycles. The van der Waals surface area contributed by atoms with Crippen LogP contribution in [0.2, 0.25) is 0 Å². The highest BCUT2D eigenvalue weighted by atomic mass is 32.2. The van der Waals surface area contributed by atoms with Gasteiger partial charge in [-0.3, -0.25) is 4.98 Å². The number of thiocarbonyl (C=S) groups is 1. The van der Waals surface area contributed by atoms with Crippen molar-refractivity contribution >= 4 is 27.2 Å². The van der Waals surface area contributed by atoms with Gasteiger partial charge in [-0.15, -0.1) is 0 Å². The van der Waals surface area contributed by atoms with Gasteiger partial charge in [0, 0.05) is 18.8 Å². The van der Waals surface area contributed by atoms with Crippen LogP contribution >= 0.6 is 12.2 Å². The van der Waals surface area contributed by atoms with E-state index in [-0.39, 0.29) is 15.9 Å². The maximum Gasteiger partial charge on any atom is 0.244 e. The summed E-state index contributed by atoms with van der Waals surface area (Å²) in [6, 6.07) is 3.24. The first-order chi connectivity index (χ1) is 9.46. The van der Waals surface area contributed by atoms with E-state index in [9.17, 15) is 8.42 Å². The molecule has 0 atom stereocenters. The Morgan fingerprint density at radius 2 is 2.20 bits per heavy atom. The molecule has 0 unspecified atom stereocenters. The Morgan fingerprint density at radius 3 is 2.65 bits per heavy atom. The van der Waals surface area contributed by atoms with E-state index in [4.69, 9.17) is 18.0 Å². The SMILES string of the molecule is CCCCN(C1CC1)S(=O)(=O)c1ccc(C(N)=S)nc1. The molecule has 0 aromatic carbocycles. The smallest absolute Gasteiger partial charge is 0.244 e. The highest BCUT2D eigenvalue weighted by Gasteiger charge is 2.37. The number of nitrogens with two attached hydrogens (primary N) is 1. The standard InChI is InChI=1S/C13H19N3O2S2/c1-2-3-8-16(10-4-5-10)20(17,18)11-6-7-12(13(14)19)15-9-11/h6-7,9-10H,2-5,8H2,1H3,(H2,14,19). The molecule has 1 aromatic rings. The van der Waals surface area contributed by atoms with Gasteiger partial charge in [-0.2, -0.15) is 4.31 Å². The van der Waals surface area contributed by atoms with Crippen molar-refractivity contribution in [2.45, 2.75) is 43.5 Å². The summed E-state index contributed by atoms with van der Waals surface area (Å²) in [6.07, 6.45) is 5.07. The van der Waals surface area contributed by atoms with Gasteiger partial charge in [-0.25, -0.2) is 8.42 Å². The molecule has 1 aliphatic carbocycles. The topological polar surface area (TPSA) is 76.3 Å². The Balaban J connectivity index is 2.25. The first kappa shape index (κ1) is 15.3. The molecule has 1 fully saturated rings. The summed E-state index contributed by atoms with van der Waals surface area (Å²) in [6.45, 7) is 2.62. The molecule has 0 spiro atoms. The summed E-state index contributed by atoms with van der Waals surface area (Å²) >= 11 is 4.81. The first-order valence-corrected chi connectivity index (χ1v) is 8.59. The van der Waals surface area contributed by atoms with E-state index in [2.05, 4.69) is 11.9 Å². The minimum absolute atomic E-state index is 0.154. The van der Waals surface area contributed by atoms with Crippen LogP contribution in [0.4, 0.5) is 0 Å². The number of unbranched alkanes of at least 4 members (excludes halogenated alkanes) is 1. The van der Waals surface area contributed by atoms with E-state index in [0.717, 1.165) is 25.7 Å². The molecule has 0 amide bonds. The second-order valence-electron chi connectivity index (χ2n) is 4.94. The Hall–Kier alpha value is -1.05. The maximum atomic E-state index is 12.6. The zero-order valence-electron chi connectivity index (χ0n) is 11.4. The van der Waals surface area contributed by atoms with Crippen LogP contribution in [0.3, 0.4) is 0 Å². The fraction of sp³-hybridized carbons (Fsp3) is 0.538. The number of pyridine rings is 1. The average Bonchev–Trinajstić information content (AvgIpc) is 3.23. The van der Waals surface area contributed by atoms with Crippen molar-refractivity contribution in [1.29, 1.82) is 0 Å². The van der Waals surface area contributed by atoms with Crippen molar-refractivity contribution in [2.75, 3.05) is 6.54 Å². The van der Waals surface area contributed by atoms with Gasteiger partial charge in [0.25, 0.3) is 0 Å². The van der Waals surface area contributed by atoms with Crippen LogP contribution in [-0.2, 0) is 10.0 Å². The summed E-state index contributed by atoms with van der Waals surface area (Å²) in [5.74, 6) is 0. The molecular weight excluding hydrogens is 294 g/mol. The van der Waals surface area contributed by atoms with Gasteiger partial charge in [-0.1, -0.05) is 25.6 Å². The third-order valence-corrected chi connectivity index (χ3v) is 5.43. The lowest BCUT2D eigenvalue weighted by Crippen LogP contribution is -2.34. The molecular formula is C13H19N3O2S2. The van der Waals surface area contributed by atoms with Gasteiger partial charge < -0.3 is 5.73 Å². The van der Waals surface area contributed by atoms with Crippen molar-refractivity contribution in [3.05, 3.63) is 24.0 Å². The number of nitrogens with zero attached hydrogens (tertiary/aromatic N) is 2. The summed E-state index contributed by atoms with van der Waals surface area (Å²) in [4.78, 5) is 4.39. The molecule has 1 heterocycles. The van der Waals surface area contributed by atoms with E-state index in [1.807, 2.05) is 0 Å².